The monoisotopic (exact) mass is 248 g/mol. The van der Waals surface area contributed by atoms with Crippen molar-refractivity contribution in [3.05, 3.63) is 29.3 Å². The van der Waals surface area contributed by atoms with Crippen molar-refractivity contribution in [2.45, 2.75) is 19.1 Å². The first kappa shape index (κ1) is 13.8. The first-order chi connectivity index (χ1) is 7.90. The first-order valence-corrected chi connectivity index (χ1v) is 5.19. The minimum Gasteiger partial charge on any atom is -0.494 e. The maximum absolute atomic E-state index is 12.5. The lowest BCUT2D eigenvalue weighted by molar-refractivity contribution is -0.137. The van der Waals surface area contributed by atoms with E-state index in [1.807, 2.05) is 0 Å². The molecule has 0 saturated heterocycles. The van der Waals surface area contributed by atoms with Gasteiger partial charge in [-0.3, -0.25) is 0 Å². The Balaban J connectivity index is 3.19. The Hall–Kier alpha value is -1.27. The highest BCUT2D eigenvalue weighted by Crippen LogP contribution is 2.34. The predicted octanol–water partition coefficient (Wildman–Crippen LogP) is 2.06. The zero-order valence-electron chi connectivity index (χ0n) is 9.42. The minimum absolute atomic E-state index is 0.0569. The van der Waals surface area contributed by atoms with Crippen molar-refractivity contribution < 1.29 is 17.9 Å². The molecular formula is C11H15F3N2O. The average molecular weight is 248 g/mol. The van der Waals surface area contributed by atoms with Gasteiger partial charge >= 0.3 is 6.18 Å². The molecule has 1 aromatic rings. The molecule has 0 aliphatic carbocycles. The van der Waals surface area contributed by atoms with Crippen molar-refractivity contribution in [3.63, 3.8) is 0 Å². The van der Waals surface area contributed by atoms with E-state index in [1.165, 1.54) is 6.07 Å². The molecule has 0 spiro atoms. The van der Waals surface area contributed by atoms with E-state index >= 15 is 0 Å². The third-order valence-corrected chi connectivity index (χ3v) is 2.29. The summed E-state index contributed by atoms with van der Waals surface area (Å²) >= 11 is 0. The maximum atomic E-state index is 12.5. The number of ether oxygens (including phenoxy) is 1. The van der Waals surface area contributed by atoms with Crippen molar-refractivity contribution in [1.82, 2.24) is 0 Å². The Morgan fingerprint density at radius 2 is 2.00 bits per heavy atom. The van der Waals surface area contributed by atoms with Gasteiger partial charge in [0, 0.05) is 18.2 Å². The molecule has 4 N–H and O–H groups in total. The van der Waals surface area contributed by atoms with Gasteiger partial charge in [0.25, 0.3) is 0 Å². The smallest absolute Gasteiger partial charge is 0.416 e. The molecule has 0 saturated carbocycles. The number of nitrogens with two attached hydrogens (primary N) is 2. The molecule has 0 amide bonds. The van der Waals surface area contributed by atoms with Gasteiger partial charge in [-0.25, -0.2) is 0 Å². The number of benzene rings is 1. The molecule has 0 aliphatic heterocycles. The molecule has 96 valence electrons. The van der Waals surface area contributed by atoms with Gasteiger partial charge in [-0.15, -0.1) is 0 Å². The van der Waals surface area contributed by atoms with Crippen molar-refractivity contribution in [2.24, 2.45) is 11.5 Å². The van der Waals surface area contributed by atoms with E-state index in [9.17, 15) is 13.2 Å². The Morgan fingerprint density at radius 1 is 1.35 bits per heavy atom. The lowest BCUT2D eigenvalue weighted by atomic mass is 10.0. The number of rotatable bonds is 4. The van der Waals surface area contributed by atoms with Crippen LogP contribution < -0.4 is 16.2 Å². The molecular weight excluding hydrogens is 233 g/mol. The maximum Gasteiger partial charge on any atom is 0.416 e. The largest absolute Gasteiger partial charge is 0.494 e. The molecule has 0 aliphatic rings. The molecule has 17 heavy (non-hydrogen) atoms. The van der Waals surface area contributed by atoms with Crippen LogP contribution in [0.1, 0.15) is 24.1 Å². The summed E-state index contributed by atoms with van der Waals surface area (Å²) in [6, 6.07) is 2.57. The minimum atomic E-state index is -4.40. The zero-order valence-corrected chi connectivity index (χ0v) is 9.42. The molecule has 0 heterocycles. The molecule has 0 radical (unpaired) electrons. The highest BCUT2D eigenvalue weighted by atomic mass is 19.4. The Labute approximate surface area is 97.5 Å². The van der Waals surface area contributed by atoms with Gasteiger partial charge < -0.3 is 16.2 Å². The first-order valence-electron chi connectivity index (χ1n) is 5.19. The second kappa shape index (κ2) is 5.37. The Bertz CT molecular complexity index is 379. The fourth-order valence-corrected chi connectivity index (χ4v) is 1.43. The van der Waals surface area contributed by atoms with E-state index in [2.05, 4.69) is 0 Å². The van der Waals surface area contributed by atoms with Crippen molar-refractivity contribution >= 4 is 0 Å². The SMILES string of the molecule is CCOc1ccc(C(F)(F)F)cc1C(N)CN. The highest BCUT2D eigenvalue weighted by molar-refractivity contribution is 5.40. The third-order valence-electron chi connectivity index (χ3n) is 2.29. The molecule has 1 aromatic carbocycles. The van der Waals surface area contributed by atoms with E-state index < -0.39 is 17.8 Å². The molecule has 1 rings (SSSR count). The summed E-state index contributed by atoms with van der Waals surface area (Å²) < 4.78 is 42.8. The lowest BCUT2D eigenvalue weighted by Gasteiger charge is -2.17. The number of hydrogen-bond acceptors (Lipinski definition) is 3. The van der Waals surface area contributed by atoms with Crippen LogP contribution in [0.3, 0.4) is 0 Å². The summed E-state index contributed by atoms with van der Waals surface area (Å²) in [5.74, 6) is 0.346. The molecule has 0 fully saturated rings. The van der Waals surface area contributed by atoms with Gasteiger partial charge in [0.05, 0.1) is 12.2 Å². The van der Waals surface area contributed by atoms with Crippen LogP contribution >= 0.6 is 0 Å². The second-order valence-electron chi connectivity index (χ2n) is 3.53. The zero-order chi connectivity index (χ0) is 13.1. The molecule has 3 nitrogen and oxygen atoms in total. The molecule has 0 bridgehead atoms. The van der Waals surface area contributed by atoms with E-state index in [-0.39, 0.29) is 12.1 Å². The van der Waals surface area contributed by atoms with Gasteiger partial charge in [-0.1, -0.05) is 0 Å². The van der Waals surface area contributed by atoms with Gasteiger partial charge in [0.15, 0.2) is 0 Å². The summed E-state index contributed by atoms with van der Waals surface area (Å²) in [6.07, 6.45) is -4.40. The number of alkyl halides is 3. The van der Waals surface area contributed by atoms with Crippen LogP contribution in [0, 0.1) is 0 Å². The summed E-state index contributed by atoms with van der Waals surface area (Å²) in [4.78, 5) is 0. The quantitative estimate of drug-likeness (QED) is 0.857. The van der Waals surface area contributed by atoms with Crippen LogP contribution in [0.15, 0.2) is 18.2 Å². The Morgan fingerprint density at radius 3 is 2.47 bits per heavy atom. The standard InChI is InChI=1S/C11H15F3N2O/c1-2-17-10-4-3-7(11(12,13)14)5-8(10)9(16)6-15/h3-5,9H,2,6,15-16H2,1H3. The second-order valence-corrected chi connectivity index (χ2v) is 3.53. The van der Waals surface area contributed by atoms with Gasteiger partial charge in [-0.2, -0.15) is 13.2 Å². The number of halogens is 3. The Kier molecular flexibility index (Phi) is 4.36. The highest BCUT2D eigenvalue weighted by Gasteiger charge is 2.31. The van der Waals surface area contributed by atoms with Crippen LogP contribution in [0.25, 0.3) is 0 Å². The topological polar surface area (TPSA) is 61.3 Å². The molecule has 1 unspecified atom stereocenters. The van der Waals surface area contributed by atoms with Crippen molar-refractivity contribution in [3.8, 4) is 5.75 Å². The lowest BCUT2D eigenvalue weighted by Crippen LogP contribution is -2.22. The molecule has 1 atom stereocenters. The summed E-state index contributed by atoms with van der Waals surface area (Å²) in [6.45, 7) is 2.16. The fourth-order valence-electron chi connectivity index (χ4n) is 1.43. The van der Waals surface area contributed by atoms with Gasteiger partial charge in [0.2, 0.25) is 0 Å². The van der Waals surface area contributed by atoms with E-state index in [0.717, 1.165) is 12.1 Å². The van der Waals surface area contributed by atoms with Crippen LogP contribution in [-0.2, 0) is 6.18 Å². The van der Waals surface area contributed by atoms with E-state index in [4.69, 9.17) is 16.2 Å². The van der Waals surface area contributed by atoms with Gasteiger partial charge in [0.1, 0.15) is 5.75 Å². The summed E-state index contributed by atoms with van der Waals surface area (Å²) in [5.41, 5.74) is 10.6. The normalized spacial score (nSPS) is 13.5. The van der Waals surface area contributed by atoms with Crippen molar-refractivity contribution in [2.75, 3.05) is 13.2 Å². The summed E-state index contributed by atoms with van der Waals surface area (Å²) in [7, 11) is 0. The molecule has 0 aromatic heterocycles. The number of hydrogen-bond donors (Lipinski definition) is 2. The predicted molar refractivity (Wildman–Crippen MR) is 58.6 cm³/mol. The molecule has 6 heteroatoms. The van der Waals surface area contributed by atoms with Crippen LogP contribution in [0.4, 0.5) is 13.2 Å². The third kappa shape index (κ3) is 3.34. The van der Waals surface area contributed by atoms with Crippen LogP contribution in [0.5, 0.6) is 5.75 Å². The van der Waals surface area contributed by atoms with Crippen LogP contribution in [0.2, 0.25) is 0 Å². The average Bonchev–Trinajstić information content (AvgIpc) is 2.27. The fraction of sp³-hybridized carbons (Fsp3) is 0.455. The van der Waals surface area contributed by atoms with Gasteiger partial charge in [-0.05, 0) is 25.1 Å². The summed E-state index contributed by atoms with van der Waals surface area (Å²) in [5, 5.41) is 0. The van der Waals surface area contributed by atoms with Crippen LogP contribution in [-0.4, -0.2) is 13.2 Å². The van der Waals surface area contributed by atoms with Crippen molar-refractivity contribution in [1.29, 1.82) is 0 Å². The van der Waals surface area contributed by atoms with E-state index in [0.29, 0.717) is 12.4 Å². The van der Waals surface area contributed by atoms with E-state index in [1.54, 1.807) is 6.92 Å².